The summed E-state index contributed by atoms with van der Waals surface area (Å²) in [6.07, 6.45) is 2.67. The SMILES string of the molecule is O=C1c2ccccc2CCCC12N=NCC2c1ccc(Br)cc1. The fraction of sp³-hybridized carbons (Fsp3) is 0.316. The number of halogens is 1. The van der Waals surface area contributed by atoms with Gasteiger partial charge in [0.25, 0.3) is 0 Å². The van der Waals surface area contributed by atoms with Gasteiger partial charge in [-0.25, -0.2) is 0 Å². The number of carbonyl (C=O) groups excluding carboxylic acids is 1. The first-order chi connectivity index (χ1) is 11.2. The highest BCUT2D eigenvalue weighted by Crippen LogP contribution is 2.45. The smallest absolute Gasteiger partial charge is 0.193 e. The van der Waals surface area contributed by atoms with E-state index in [-0.39, 0.29) is 11.7 Å². The van der Waals surface area contributed by atoms with Crippen molar-refractivity contribution < 1.29 is 4.79 Å². The fourth-order valence-electron chi connectivity index (χ4n) is 3.83. The predicted octanol–water partition coefficient (Wildman–Crippen LogP) is 4.96. The molecule has 0 N–H and O–H groups in total. The number of ketones is 1. The molecule has 1 aliphatic carbocycles. The van der Waals surface area contributed by atoms with Crippen LogP contribution in [0.3, 0.4) is 0 Å². The van der Waals surface area contributed by atoms with Crippen LogP contribution in [-0.2, 0) is 6.42 Å². The normalized spacial score (nSPS) is 26.3. The van der Waals surface area contributed by atoms with E-state index in [0.29, 0.717) is 6.54 Å². The lowest BCUT2D eigenvalue weighted by Gasteiger charge is -2.29. The molecule has 4 rings (SSSR count). The van der Waals surface area contributed by atoms with Gasteiger partial charge in [0.05, 0.1) is 6.54 Å². The lowest BCUT2D eigenvalue weighted by atomic mass is 9.74. The van der Waals surface area contributed by atoms with Crippen molar-refractivity contribution in [3.8, 4) is 0 Å². The van der Waals surface area contributed by atoms with E-state index in [9.17, 15) is 4.79 Å². The first-order valence-electron chi connectivity index (χ1n) is 7.97. The summed E-state index contributed by atoms with van der Waals surface area (Å²) < 4.78 is 1.04. The lowest BCUT2D eigenvalue weighted by Crippen LogP contribution is -2.40. The van der Waals surface area contributed by atoms with Crippen LogP contribution in [0.5, 0.6) is 0 Å². The summed E-state index contributed by atoms with van der Waals surface area (Å²) in [5.74, 6) is 0.175. The van der Waals surface area contributed by atoms with E-state index in [2.05, 4.69) is 44.4 Å². The van der Waals surface area contributed by atoms with Crippen LogP contribution in [0.4, 0.5) is 0 Å². The van der Waals surface area contributed by atoms with E-state index in [0.717, 1.165) is 40.4 Å². The van der Waals surface area contributed by atoms with Gasteiger partial charge in [-0.05, 0) is 42.5 Å². The zero-order valence-electron chi connectivity index (χ0n) is 12.7. The van der Waals surface area contributed by atoms with Gasteiger partial charge in [0.1, 0.15) is 0 Å². The van der Waals surface area contributed by atoms with Gasteiger partial charge in [0.15, 0.2) is 11.3 Å². The highest BCUT2D eigenvalue weighted by Gasteiger charge is 2.50. The molecule has 1 aliphatic heterocycles. The highest BCUT2D eigenvalue weighted by molar-refractivity contribution is 9.10. The van der Waals surface area contributed by atoms with Gasteiger partial charge in [-0.2, -0.15) is 10.2 Å². The topological polar surface area (TPSA) is 41.8 Å². The Morgan fingerprint density at radius 3 is 2.70 bits per heavy atom. The number of azo groups is 1. The minimum absolute atomic E-state index is 0.0363. The number of fused-ring (bicyclic) bond motifs is 1. The second-order valence-corrected chi connectivity index (χ2v) is 7.21. The van der Waals surface area contributed by atoms with Crippen LogP contribution in [0.2, 0.25) is 0 Å². The van der Waals surface area contributed by atoms with E-state index in [1.165, 1.54) is 0 Å². The molecule has 0 fully saturated rings. The molecule has 0 saturated heterocycles. The molecule has 0 aromatic heterocycles. The molecule has 2 aromatic carbocycles. The fourth-order valence-corrected chi connectivity index (χ4v) is 4.09. The van der Waals surface area contributed by atoms with Gasteiger partial charge in [0.2, 0.25) is 0 Å². The van der Waals surface area contributed by atoms with Gasteiger partial charge < -0.3 is 0 Å². The van der Waals surface area contributed by atoms with Crippen molar-refractivity contribution in [3.63, 3.8) is 0 Å². The van der Waals surface area contributed by atoms with Crippen LogP contribution < -0.4 is 0 Å². The summed E-state index contributed by atoms with van der Waals surface area (Å²) >= 11 is 3.47. The minimum Gasteiger partial charge on any atom is -0.291 e. The van der Waals surface area contributed by atoms with Gasteiger partial charge in [-0.3, -0.25) is 4.79 Å². The van der Waals surface area contributed by atoms with Crippen LogP contribution in [0.25, 0.3) is 0 Å². The number of hydrogen-bond acceptors (Lipinski definition) is 3. The maximum absolute atomic E-state index is 13.3. The zero-order chi connectivity index (χ0) is 15.9. The summed E-state index contributed by atoms with van der Waals surface area (Å²) in [7, 11) is 0. The van der Waals surface area contributed by atoms with Crippen molar-refractivity contribution in [2.75, 3.05) is 6.54 Å². The third-order valence-corrected chi connectivity index (χ3v) is 5.55. The molecule has 1 heterocycles. The maximum Gasteiger partial charge on any atom is 0.193 e. The Kier molecular flexibility index (Phi) is 3.64. The first-order valence-corrected chi connectivity index (χ1v) is 8.77. The van der Waals surface area contributed by atoms with Crippen molar-refractivity contribution in [1.82, 2.24) is 0 Å². The highest BCUT2D eigenvalue weighted by atomic mass is 79.9. The Morgan fingerprint density at radius 2 is 1.87 bits per heavy atom. The van der Waals surface area contributed by atoms with Crippen LogP contribution in [0, 0.1) is 0 Å². The number of Topliss-reactive ketones (excluding diaryl/α,β-unsaturated/α-hetero) is 1. The third-order valence-electron chi connectivity index (χ3n) is 5.02. The molecule has 2 unspecified atom stereocenters. The largest absolute Gasteiger partial charge is 0.291 e. The Hall–Kier alpha value is -1.81. The van der Waals surface area contributed by atoms with E-state index in [1.807, 2.05) is 30.3 Å². The molecule has 116 valence electrons. The van der Waals surface area contributed by atoms with Gasteiger partial charge in [-0.1, -0.05) is 52.3 Å². The molecule has 2 atom stereocenters. The van der Waals surface area contributed by atoms with Crippen LogP contribution in [-0.4, -0.2) is 17.9 Å². The Morgan fingerprint density at radius 1 is 1.09 bits per heavy atom. The quantitative estimate of drug-likeness (QED) is 0.701. The summed E-state index contributed by atoms with van der Waals surface area (Å²) in [5.41, 5.74) is 2.39. The molecule has 2 aliphatic rings. The lowest BCUT2D eigenvalue weighted by molar-refractivity contribution is 0.0870. The van der Waals surface area contributed by atoms with Crippen molar-refractivity contribution in [1.29, 1.82) is 0 Å². The summed E-state index contributed by atoms with van der Waals surface area (Å²) in [6, 6.07) is 16.2. The molecular formula is C19H17BrN2O. The van der Waals surface area contributed by atoms with E-state index in [4.69, 9.17) is 0 Å². The van der Waals surface area contributed by atoms with Crippen LogP contribution in [0.15, 0.2) is 63.2 Å². The van der Waals surface area contributed by atoms with Crippen molar-refractivity contribution >= 4 is 21.7 Å². The first kappa shape index (κ1) is 14.8. The Labute approximate surface area is 144 Å². The van der Waals surface area contributed by atoms with Gasteiger partial charge >= 0.3 is 0 Å². The molecule has 3 nitrogen and oxygen atoms in total. The third kappa shape index (κ3) is 2.36. The van der Waals surface area contributed by atoms with Gasteiger partial charge in [-0.15, -0.1) is 0 Å². The molecule has 0 saturated carbocycles. The number of nitrogens with zero attached hydrogens (tertiary/aromatic N) is 2. The second-order valence-electron chi connectivity index (χ2n) is 6.29. The van der Waals surface area contributed by atoms with Crippen molar-refractivity contribution in [3.05, 3.63) is 69.7 Å². The number of benzene rings is 2. The number of aryl methyl sites for hydroxylation is 1. The van der Waals surface area contributed by atoms with Crippen molar-refractivity contribution in [2.45, 2.75) is 30.7 Å². The average molecular weight is 369 g/mol. The predicted molar refractivity (Wildman–Crippen MR) is 93.0 cm³/mol. The Balaban J connectivity index is 1.80. The molecule has 23 heavy (non-hydrogen) atoms. The number of carbonyl (C=O) groups is 1. The average Bonchev–Trinajstić information content (AvgIpc) is 2.94. The van der Waals surface area contributed by atoms with Gasteiger partial charge in [0, 0.05) is 16.0 Å². The Bertz CT molecular complexity index is 784. The summed E-state index contributed by atoms with van der Waals surface area (Å²) in [6.45, 7) is 0.593. The van der Waals surface area contributed by atoms with E-state index >= 15 is 0 Å². The molecule has 4 heteroatoms. The zero-order valence-corrected chi connectivity index (χ0v) is 14.3. The summed E-state index contributed by atoms with van der Waals surface area (Å²) in [5, 5.41) is 8.81. The maximum atomic E-state index is 13.3. The molecular weight excluding hydrogens is 352 g/mol. The second kappa shape index (κ2) is 5.68. The molecule has 1 spiro atoms. The number of rotatable bonds is 1. The molecule has 0 amide bonds. The summed E-state index contributed by atoms with van der Waals surface area (Å²) in [4.78, 5) is 13.3. The van der Waals surface area contributed by atoms with E-state index in [1.54, 1.807) is 0 Å². The number of hydrogen-bond donors (Lipinski definition) is 0. The molecule has 0 radical (unpaired) electrons. The molecule has 2 aromatic rings. The van der Waals surface area contributed by atoms with Crippen LogP contribution >= 0.6 is 15.9 Å². The molecule has 0 bridgehead atoms. The van der Waals surface area contributed by atoms with Crippen LogP contribution in [0.1, 0.15) is 40.2 Å². The monoisotopic (exact) mass is 368 g/mol. The minimum atomic E-state index is -0.722. The standard InChI is InChI=1S/C19H17BrN2O/c20-15-9-7-14(8-10-15)17-12-21-22-19(17)11-3-5-13-4-1-2-6-16(13)18(19)23/h1-2,4,6-10,17H,3,5,11-12H2. The van der Waals surface area contributed by atoms with Crippen molar-refractivity contribution in [2.24, 2.45) is 10.2 Å². The van der Waals surface area contributed by atoms with E-state index < -0.39 is 5.54 Å².